The highest BCUT2D eigenvalue weighted by Gasteiger charge is 2.43. The zero-order valence-electron chi connectivity index (χ0n) is 13.9. The van der Waals surface area contributed by atoms with Crippen molar-refractivity contribution < 1.29 is 4.79 Å². The number of rotatable bonds is 0. The number of fused-ring (bicyclic) bond motifs is 4. The Kier molecular flexibility index (Phi) is 2.57. The molecule has 5 rings (SSSR count). The molecule has 1 aliphatic carbocycles. The number of anilines is 1. The van der Waals surface area contributed by atoms with Crippen LogP contribution in [-0.4, -0.2) is 20.7 Å². The van der Waals surface area contributed by atoms with Crippen LogP contribution in [0.2, 0.25) is 0 Å². The lowest BCUT2D eigenvalue weighted by Gasteiger charge is -2.36. The second-order valence-electron chi connectivity index (χ2n) is 7.21. The molecule has 0 saturated carbocycles. The fourth-order valence-corrected chi connectivity index (χ4v) is 4.31. The molecule has 1 aromatic carbocycles. The van der Waals surface area contributed by atoms with Gasteiger partial charge in [0, 0.05) is 23.9 Å². The van der Waals surface area contributed by atoms with Gasteiger partial charge >= 0.3 is 0 Å². The maximum atomic E-state index is 12.9. The number of imidazole rings is 1. The predicted octanol–water partition coefficient (Wildman–Crippen LogP) is 3.49. The van der Waals surface area contributed by atoms with Gasteiger partial charge in [0.25, 0.3) is 0 Å². The number of carbonyl (C=O) groups is 1. The molecule has 1 spiro atoms. The number of nitrogens with zero attached hydrogens (tertiary/aromatic N) is 2. The monoisotopic (exact) mass is 317 g/mol. The van der Waals surface area contributed by atoms with Crippen LogP contribution in [-0.2, 0) is 12.8 Å². The number of ketones is 1. The van der Waals surface area contributed by atoms with Crippen LogP contribution in [0, 0.1) is 13.8 Å². The van der Waals surface area contributed by atoms with Crippen LogP contribution >= 0.6 is 0 Å². The van der Waals surface area contributed by atoms with E-state index in [0.29, 0.717) is 6.42 Å². The molecular formula is C20H19N3O. The fraction of sp³-hybridized carbons (Fsp3) is 0.300. The maximum Gasteiger partial charge on any atom is 0.167 e. The van der Waals surface area contributed by atoms with Crippen molar-refractivity contribution in [3.05, 3.63) is 64.6 Å². The molecule has 4 nitrogen and oxygen atoms in total. The van der Waals surface area contributed by atoms with Crippen molar-refractivity contribution >= 4 is 17.1 Å². The van der Waals surface area contributed by atoms with Crippen LogP contribution in [0.3, 0.4) is 0 Å². The number of aryl methyl sites for hydroxylation is 2. The number of carbonyl (C=O) groups excluding carboxylic acids is 1. The summed E-state index contributed by atoms with van der Waals surface area (Å²) < 4.78 is 2.08. The van der Waals surface area contributed by atoms with E-state index in [0.717, 1.165) is 41.1 Å². The SMILES string of the molecule is Cc1nc2c3c(ccn2c1C)C(=O)CC1(Cc2ccccc2C1)N3. The van der Waals surface area contributed by atoms with Crippen molar-refractivity contribution in [2.45, 2.75) is 38.6 Å². The van der Waals surface area contributed by atoms with Crippen LogP contribution in [0.5, 0.6) is 0 Å². The second-order valence-corrected chi connectivity index (χ2v) is 7.21. The lowest BCUT2D eigenvalue weighted by Crippen LogP contribution is -2.45. The quantitative estimate of drug-likeness (QED) is 0.690. The molecule has 2 aromatic heterocycles. The van der Waals surface area contributed by atoms with Gasteiger partial charge in [-0.3, -0.25) is 4.79 Å². The largest absolute Gasteiger partial charge is 0.375 e. The van der Waals surface area contributed by atoms with E-state index in [1.54, 1.807) is 0 Å². The molecule has 120 valence electrons. The van der Waals surface area contributed by atoms with Crippen molar-refractivity contribution in [2.75, 3.05) is 5.32 Å². The summed E-state index contributed by atoms with van der Waals surface area (Å²) in [6, 6.07) is 10.4. The molecule has 4 heteroatoms. The molecule has 0 radical (unpaired) electrons. The zero-order chi connectivity index (χ0) is 16.5. The summed E-state index contributed by atoms with van der Waals surface area (Å²) in [5.41, 5.74) is 7.16. The van der Waals surface area contributed by atoms with Gasteiger partial charge in [0.15, 0.2) is 11.4 Å². The Bertz CT molecular complexity index is 990. The first-order valence-electron chi connectivity index (χ1n) is 8.43. The molecule has 1 aliphatic heterocycles. The molecule has 3 aromatic rings. The highest BCUT2D eigenvalue weighted by molar-refractivity contribution is 6.07. The average Bonchev–Trinajstić information content (AvgIpc) is 3.05. The topological polar surface area (TPSA) is 46.4 Å². The maximum absolute atomic E-state index is 12.9. The summed E-state index contributed by atoms with van der Waals surface area (Å²) in [4.78, 5) is 17.6. The van der Waals surface area contributed by atoms with Crippen LogP contribution in [0.25, 0.3) is 5.65 Å². The van der Waals surface area contributed by atoms with E-state index in [4.69, 9.17) is 4.98 Å². The Morgan fingerprint density at radius 1 is 1.08 bits per heavy atom. The predicted molar refractivity (Wildman–Crippen MR) is 93.8 cm³/mol. The first-order valence-corrected chi connectivity index (χ1v) is 8.43. The third-order valence-electron chi connectivity index (χ3n) is 5.64. The normalized spacial score (nSPS) is 17.8. The molecule has 1 N–H and O–H groups in total. The fourth-order valence-electron chi connectivity index (χ4n) is 4.31. The van der Waals surface area contributed by atoms with Crippen molar-refractivity contribution in [1.29, 1.82) is 0 Å². The molecule has 2 aliphatic rings. The lowest BCUT2D eigenvalue weighted by molar-refractivity contribution is 0.0952. The molecule has 0 unspecified atom stereocenters. The van der Waals surface area contributed by atoms with E-state index in [-0.39, 0.29) is 11.3 Å². The standard InChI is InChI=1S/C20H19N3O/c1-12-13(2)23-8-7-16-17(24)11-20(22-18(16)19(23)21-12)9-14-5-3-4-6-15(14)10-20/h3-8,22H,9-11H2,1-2H3. The first-order chi connectivity index (χ1) is 11.6. The van der Waals surface area contributed by atoms with Crippen molar-refractivity contribution in [3.8, 4) is 0 Å². The van der Waals surface area contributed by atoms with E-state index in [9.17, 15) is 4.79 Å². The third-order valence-corrected chi connectivity index (χ3v) is 5.64. The highest BCUT2D eigenvalue weighted by atomic mass is 16.1. The summed E-state index contributed by atoms with van der Waals surface area (Å²) in [7, 11) is 0. The number of pyridine rings is 1. The van der Waals surface area contributed by atoms with Crippen LogP contribution in [0.15, 0.2) is 36.5 Å². The van der Waals surface area contributed by atoms with Crippen LogP contribution < -0.4 is 5.32 Å². The third kappa shape index (κ3) is 1.74. The molecule has 0 bridgehead atoms. The number of hydrogen-bond acceptors (Lipinski definition) is 3. The minimum Gasteiger partial charge on any atom is -0.375 e. The van der Waals surface area contributed by atoms with Crippen molar-refractivity contribution in [2.24, 2.45) is 0 Å². The van der Waals surface area contributed by atoms with Crippen LogP contribution in [0.4, 0.5) is 5.69 Å². The summed E-state index contributed by atoms with van der Waals surface area (Å²) in [5.74, 6) is 0.220. The zero-order valence-corrected chi connectivity index (χ0v) is 13.9. The Hall–Kier alpha value is -2.62. The highest BCUT2D eigenvalue weighted by Crippen LogP contribution is 2.41. The van der Waals surface area contributed by atoms with E-state index >= 15 is 0 Å². The Morgan fingerprint density at radius 2 is 1.79 bits per heavy atom. The average molecular weight is 317 g/mol. The van der Waals surface area contributed by atoms with Gasteiger partial charge in [0.1, 0.15) is 0 Å². The van der Waals surface area contributed by atoms with Crippen LogP contribution in [0.1, 0.15) is 39.3 Å². The van der Waals surface area contributed by atoms with Gasteiger partial charge in [0.2, 0.25) is 0 Å². The van der Waals surface area contributed by atoms with Gasteiger partial charge in [-0.15, -0.1) is 0 Å². The van der Waals surface area contributed by atoms with Gasteiger partial charge in [-0.25, -0.2) is 4.98 Å². The molecule has 24 heavy (non-hydrogen) atoms. The molecule has 0 amide bonds. The first kappa shape index (κ1) is 13.8. The minimum atomic E-state index is -0.205. The van der Waals surface area contributed by atoms with Gasteiger partial charge < -0.3 is 9.72 Å². The summed E-state index contributed by atoms with van der Waals surface area (Å²) in [6.07, 6.45) is 4.30. The van der Waals surface area contributed by atoms with E-state index in [1.807, 2.05) is 19.2 Å². The molecule has 0 saturated heterocycles. The lowest BCUT2D eigenvalue weighted by atomic mass is 9.83. The Balaban J connectivity index is 1.67. The summed E-state index contributed by atoms with van der Waals surface area (Å²) >= 11 is 0. The number of Topliss-reactive ketones (excluding diaryl/α,β-unsaturated/α-hetero) is 1. The summed E-state index contributed by atoms with van der Waals surface area (Å²) in [6.45, 7) is 4.08. The van der Waals surface area contributed by atoms with E-state index < -0.39 is 0 Å². The van der Waals surface area contributed by atoms with Gasteiger partial charge in [-0.1, -0.05) is 24.3 Å². The molecular weight excluding hydrogens is 298 g/mol. The second kappa shape index (κ2) is 4.47. The molecule has 0 fully saturated rings. The Labute approximate surface area is 140 Å². The van der Waals surface area contributed by atoms with Gasteiger partial charge in [-0.2, -0.15) is 0 Å². The van der Waals surface area contributed by atoms with Gasteiger partial charge in [-0.05, 0) is 43.9 Å². The number of aromatic nitrogens is 2. The van der Waals surface area contributed by atoms with E-state index in [1.165, 1.54) is 11.1 Å². The number of nitrogens with one attached hydrogen (secondary N) is 1. The Morgan fingerprint density at radius 3 is 2.50 bits per heavy atom. The smallest absolute Gasteiger partial charge is 0.167 e. The molecule has 0 atom stereocenters. The minimum absolute atomic E-state index is 0.205. The number of hydrogen-bond donors (Lipinski definition) is 1. The van der Waals surface area contributed by atoms with Gasteiger partial charge in [0.05, 0.1) is 16.9 Å². The van der Waals surface area contributed by atoms with Crippen molar-refractivity contribution in [1.82, 2.24) is 9.38 Å². The van der Waals surface area contributed by atoms with E-state index in [2.05, 4.69) is 40.9 Å². The summed E-state index contributed by atoms with van der Waals surface area (Å²) in [5, 5.41) is 3.73. The molecule has 3 heterocycles. The van der Waals surface area contributed by atoms with Crippen molar-refractivity contribution in [3.63, 3.8) is 0 Å². The number of benzene rings is 1.